The Morgan fingerprint density at radius 3 is 2.35 bits per heavy atom. The van der Waals surface area contributed by atoms with Crippen LogP contribution >= 0.6 is 0 Å². The Bertz CT molecular complexity index is 497. The molecular weight excluding hydrogens is 284 g/mol. The van der Waals surface area contributed by atoms with Crippen LogP contribution in [0.2, 0.25) is 0 Å². The molecule has 2 aliphatic rings. The molecule has 2 N–H and O–H groups in total. The van der Waals surface area contributed by atoms with Crippen molar-refractivity contribution in [1.82, 2.24) is 0 Å². The van der Waals surface area contributed by atoms with E-state index in [9.17, 15) is 4.79 Å². The summed E-state index contributed by atoms with van der Waals surface area (Å²) in [4.78, 5) is 15.7. The van der Waals surface area contributed by atoms with Crippen molar-refractivity contribution in [1.29, 1.82) is 0 Å². The van der Waals surface area contributed by atoms with Gasteiger partial charge in [-0.2, -0.15) is 0 Å². The van der Waals surface area contributed by atoms with E-state index in [4.69, 9.17) is 0 Å². The summed E-state index contributed by atoms with van der Waals surface area (Å²) in [6, 6.07) is 8.50. The van der Waals surface area contributed by atoms with Gasteiger partial charge in [-0.3, -0.25) is 4.79 Å². The fraction of sp³-hybridized carbons (Fsp3) is 0.650. The predicted octanol–water partition coefficient (Wildman–Crippen LogP) is 0.720. The Morgan fingerprint density at radius 1 is 1.04 bits per heavy atom. The minimum absolute atomic E-state index is 0.321. The van der Waals surface area contributed by atoms with Gasteiger partial charge in [0.05, 0.1) is 13.6 Å². The molecule has 2 fully saturated rings. The summed E-state index contributed by atoms with van der Waals surface area (Å²) in [5.41, 5.74) is 2.34. The van der Waals surface area contributed by atoms with Gasteiger partial charge in [0, 0.05) is 18.4 Å². The van der Waals surface area contributed by atoms with Gasteiger partial charge in [-0.15, -0.1) is 0 Å². The number of piperazine rings is 1. The van der Waals surface area contributed by atoms with Gasteiger partial charge in [-0.1, -0.05) is 37.1 Å². The first-order valence-corrected chi connectivity index (χ1v) is 9.50. The van der Waals surface area contributed by atoms with E-state index in [1.54, 1.807) is 9.80 Å². The molecular formula is C20H32N2O+2. The topological polar surface area (TPSA) is 26.0 Å². The van der Waals surface area contributed by atoms with Crippen LogP contribution in [-0.4, -0.2) is 45.6 Å². The van der Waals surface area contributed by atoms with E-state index >= 15 is 0 Å². The monoisotopic (exact) mass is 316 g/mol. The van der Waals surface area contributed by atoms with Crippen LogP contribution in [0.1, 0.15) is 60.4 Å². The van der Waals surface area contributed by atoms with Crippen LogP contribution in [0.5, 0.6) is 0 Å². The first-order valence-electron chi connectivity index (χ1n) is 9.50. The van der Waals surface area contributed by atoms with Crippen molar-refractivity contribution in [3.63, 3.8) is 0 Å². The highest BCUT2D eigenvalue weighted by Crippen LogP contribution is 2.34. The van der Waals surface area contributed by atoms with Crippen molar-refractivity contribution >= 4 is 5.78 Å². The zero-order valence-corrected chi connectivity index (χ0v) is 14.6. The third-order valence-electron chi connectivity index (χ3n) is 5.80. The fourth-order valence-corrected chi connectivity index (χ4v) is 4.12. The number of Topliss-reactive ketones (excluding diaryl/α,β-unsaturated/α-hetero) is 1. The summed E-state index contributed by atoms with van der Waals surface area (Å²) >= 11 is 0. The summed E-state index contributed by atoms with van der Waals surface area (Å²) in [5, 5.41) is 0. The number of hydrogen-bond acceptors (Lipinski definition) is 1. The van der Waals surface area contributed by atoms with Gasteiger partial charge in [0.25, 0.3) is 0 Å². The van der Waals surface area contributed by atoms with Crippen LogP contribution in [0, 0.1) is 0 Å². The third-order valence-corrected chi connectivity index (χ3v) is 5.80. The number of carbonyl (C=O) groups is 1. The molecule has 1 heterocycles. The second-order valence-corrected chi connectivity index (χ2v) is 7.59. The Morgan fingerprint density at radius 2 is 1.70 bits per heavy atom. The van der Waals surface area contributed by atoms with Crippen LogP contribution < -0.4 is 9.80 Å². The normalized spacial score (nSPS) is 25.6. The summed E-state index contributed by atoms with van der Waals surface area (Å²) in [6.07, 6.45) is 7.10. The number of nitrogens with one attached hydrogen (secondary N) is 2. The molecule has 0 spiro atoms. The van der Waals surface area contributed by atoms with Gasteiger partial charge in [0.2, 0.25) is 0 Å². The van der Waals surface area contributed by atoms with Crippen molar-refractivity contribution in [2.24, 2.45) is 0 Å². The molecule has 1 aromatic rings. The average Bonchev–Trinajstić information content (AvgIpc) is 3.11. The van der Waals surface area contributed by atoms with E-state index in [1.807, 2.05) is 0 Å². The van der Waals surface area contributed by atoms with E-state index in [1.165, 1.54) is 57.4 Å². The summed E-state index contributed by atoms with van der Waals surface area (Å²) < 4.78 is 0. The minimum atomic E-state index is 0.321. The van der Waals surface area contributed by atoms with Crippen molar-refractivity contribution in [3.8, 4) is 0 Å². The molecule has 0 aromatic heterocycles. The molecule has 3 nitrogen and oxygen atoms in total. The zero-order chi connectivity index (χ0) is 16.1. The van der Waals surface area contributed by atoms with E-state index in [-0.39, 0.29) is 0 Å². The Balaban J connectivity index is 1.42. The lowest BCUT2D eigenvalue weighted by atomic mass is 9.95. The number of hydrogen-bond donors (Lipinski definition) is 2. The maximum Gasteiger partial charge on any atom is 0.163 e. The second-order valence-electron chi connectivity index (χ2n) is 7.59. The van der Waals surface area contributed by atoms with Crippen LogP contribution in [0.3, 0.4) is 0 Å². The van der Waals surface area contributed by atoms with Crippen LogP contribution in [0.25, 0.3) is 0 Å². The maximum absolute atomic E-state index is 12.4. The quantitative estimate of drug-likeness (QED) is 0.743. The molecule has 1 aliphatic heterocycles. The zero-order valence-electron chi connectivity index (χ0n) is 14.6. The van der Waals surface area contributed by atoms with Crippen LogP contribution in [-0.2, 0) is 0 Å². The van der Waals surface area contributed by atoms with Gasteiger partial charge in [0.15, 0.2) is 5.78 Å². The third kappa shape index (κ3) is 4.65. The fourth-order valence-electron chi connectivity index (χ4n) is 4.12. The Kier molecular flexibility index (Phi) is 5.85. The van der Waals surface area contributed by atoms with Crippen LogP contribution in [0.4, 0.5) is 0 Å². The highest BCUT2D eigenvalue weighted by atomic mass is 16.1. The van der Waals surface area contributed by atoms with E-state index < -0.39 is 0 Å². The standard InChI is InChI=1S/C20H30N2O/c1-21-13-15-22(16-14-21)12-4-7-20(23)19-10-8-18(9-11-19)17-5-2-3-6-17/h8-11,17H,2-7,12-16H2,1H3/p+2. The lowest BCUT2D eigenvalue weighted by molar-refractivity contribution is -1.00. The minimum Gasteiger partial charge on any atom is -0.328 e. The number of likely N-dealkylation sites (N-methyl/N-ethyl adjacent to an activating group) is 1. The molecule has 1 aliphatic carbocycles. The number of quaternary nitrogens is 2. The number of rotatable bonds is 6. The van der Waals surface area contributed by atoms with Gasteiger partial charge in [-0.05, 0) is 24.3 Å². The lowest BCUT2D eigenvalue weighted by Crippen LogP contribution is -3.27. The summed E-state index contributed by atoms with van der Waals surface area (Å²) in [5.74, 6) is 1.06. The molecule has 0 unspecified atom stereocenters. The molecule has 1 saturated heterocycles. The van der Waals surface area contributed by atoms with Gasteiger partial charge < -0.3 is 9.80 Å². The molecule has 0 atom stereocenters. The first kappa shape index (κ1) is 16.7. The maximum atomic E-state index is 12.4. The summed E-state index contributed by atoms with van der Waals surface area (Å²) in [6.45, 7) is 6.21. The van der Waals surface area contributed by atoms with Gasteiger partial charge in [-0.25, -0.2) is 0 Å². The predicted molar refractivity (Wildman–Crippen MR) is 93.4 cm³/mol. The van der Waals surface area contributed by atoms with Crippen molar-refractivity contribution in [3.05, 3.63) is 35.4 Å². The number of benzene rings is 1. The van der Waals surface area contributed by atoms with Crippen molar-refractivity contribution in [2.45, 2.75) is 44.4 Å². The van der Waals surface area contributed by atoms with Gasteiger partial charge >= 0.3 is 0 Å². The highest BCUT2D eigenvalue weighted by Gasteiger charge is 2.20. The van der Waals surface area contributed by atoms with Gasteiger partial charge in [0.1, 0.15) is 26.2 Å². The van der Waals surface area contributed by atoms with E-state index in [0.29, 0.717) is 12.2 Å². The molecule has 3 heteroatoms. The number of carbonyl (C=O) groups excluding carboxylic acids is 1. The first-order chi connectivity index (χ1) is 11.2. The SMILES string of the molecule is C[NH+]1CC[NH+](CCCC(=O)c2ccc(C3CCCC3)cc2)CC1. The smallest absolute Gasteiger partial charge is 0.163 e. The average molecular weight is 316 g/mol. The molecule has 1 aromatic carbocycles. The molecule has 126 valence electrons. The molecule has 23 heavy (non-hydrogen) atoms. The van der Waals surface area contributed by atoms with E-state index in [2.05, 4.69) is 31.3 Å². The number of ketones is 1. The molecule has 1 saturated carbocycles. The Labute approximate surface area is 140 Å². The Hall–Kier alpha value is -1.19. The largest absolute Gasteiger partial charge is 0.328 e. The lowest BCUT2D eigenvalue weighted by Gasteiger charge is -2.27. The molecule has 3 rings (SSSR count). The van der Waals surface area contributed by atoms with Crippen molar-refractivity contribution < 1.29 is 14.6 Å². The molecule has 0 radical (unpaired) electrons. The molecule has 0 bridgehead atoms. The molecule has 0 amide bonds. The van der Waals surface area contributed by atoms with Crippen LogP contribution in [0.15, 0.2) is 24.3 Å². The summed E-state index contributed by atoms with van der Waals surface area (Å²) in [7, 11) is 2.27. The van der Waals surface area contributed by atoms with Crippen molar-refractivity contribution in [2.75, 3.05) is 39.8 Å². The highest BCUT2D eigenvalue weighted by molar-refractivity contribution is 5.96. The second kappa shape index (κ2) is 8.07. The van der Waals surface area contributed by atoms with E-state index in [0.717, 1.165) is 24.4 Å².